The minimum absolute atomic E-state index is 0.0525. The van der Waals surface area contributed by atoms with Gasteiger partial charge < -0.3 is 24.7 Å². The summed E-state index contributed by atoms with van der Waals surface area (Å²) in [6.45, 7) is 6.89. The largest absolute Gasteiger partial charge is 0.466 e. The number of benzene rings is 1. The Morgan fingerprint density at radius 2 is 1.58 bits per heavy atom. The van der Waals surface area contributed by atoms with E-state index in [0.717, 1.165) is 7.11 Å². The fourth-order valence-electron chi connectivity index (χ4n) is 3.12. The van der Waals surface area contributed by atoms with Crippen LogP contribution in [0.5, 0.6) is 0 Å². The van der Waals surface area contributed by atoms with Crippen LogP contribution >= 0.6 is 0 Å². The summed E-state index contributed by atoms with van der Waals surface area (Å²) < 4.78 is 20.5. The average molecular weight is 466 g/mol. The molecule has 0 saturated carbocycles. The van der Waals surface area contributed by atoms with Crippen LogP contribution in [0.1, 0.15) is 70.2 Å². The highest BCUT2D eigenvalue weighted by Crippen LogP contribution is 2.26. The van der Waals surface area contributed by atoms with E-state index in [1.807, 2.05) is 0 Å². The highest BCUT2D eigenvalue weighted by Gasteiger charge is 2.57. The van der Waals surface area contributed by atoms with Crippen LogP contribution in [0.25, 0.3) is 0 Å². The molecule has 0 saturated heterocycles. The van der Waals surface area contributed by atoms with E-state index >= 15 is 0 Å². The Morgan fingerprint density at radius 1 is 0.939 bits per heavy atom. The Bertz CT molecular complexity index is 802. The maximum Gasteiger partial charge on any atom is 0.364 e. The van der Waals surface area contributed by atoms with Gasteiger partial charge in [-0.05, 0) is 52.7 Å². The molecule has 0 bridgehead atoms. The Kier molecular flexibility index (Phi) is 11.0. The third-order valence-electron chi connectivity index (χ3n) is 4.67. The maximum atomic E-state index is 12.8. The van der Waals surface area contributed by atoms with E-state index in [-0.39, 0.29) is 31.0 Å². The van der Waals surface area contributed by atoms with Crippen LogP contribution < -0.4 is 5.73 Å². The number of carbonyl (C=O) groups is 4. The van der Waals surface area contributed by atoms with Gasteiger partial charge in [-0.25, -0.2) is 14.4 Å². The molecular formula is C24H35NO8. The van der Waals surface area contributed by atoms with Crippen molar-refractivity contribution in [2.75, 3.05) is 13.7 Å². The predicted molar refractivity (Wildman–Crippen MR) is 120 cm³/mol. The van der Waals surface area contributed by atoms with Crippen LogP contribution in [0.3, 0.4) is 0 Å². The van der Waals surface area contributed by atoms with Crippen molar-refractivity contribution in [2.24, 2.45) is 5.73 Å². The molecule has 1 rings (SSSR count). The minimum atomic E-state index is -2.46. The van der Waals surface area contributed by atoms with Crippen molar-refractivity contribution in [3.63, 3.8) is 0 Å². The van der Waals surface area contributed by atoms with Crippen LogP contribution in [0, 0.1) is 0 Å². The normalized spacial score (nSPS) is 13.9. The molecule has 184 valence electrons. The first-order chi connectivity index (χ1) is 15.5. The molecule has 0 aliphatic heterocycles. The van der Waals surface area contributed by atoms with Gasteiger partial charge in [-0.3, -0.25) is 4.79 Å². The first kappa shape index (κ1) is 28.1. The molecule has 2 unspecified atom stereocenters. The summed E-state index contributed by atoms with van der Waals surface area (Å²) in [5.41, 5.74) is 3.37. The molecule has 9 nitrogen and oxygen atoms in total. The van der Waals surface area contributed by atoms with Gasteiger partial charge in [-0.15, -0.1) is 0 Å². The van der Waals surface area contributed by atoms with Crippen LogP contribution in [0.2, 0.25) is 0 Å². The first-order valence-corrected chi connectivity index (χ1v) is 11.0. The molecule has 0 aliphatic rings. The van der Waals surface area contributed by atoms with E-state index in [2.05, 4.69) is 0 Å². The molecule has 0 radical (unpaired) electrons. The van der Waals surface area contributed by atoms with Crippen LogP contribution in [0.15, 0.2) is 30.3 Å². The van der Waals surface area contributed by atoms with Crippen molar-refractivity contribution < 1.29 is 38.1 Å². The molecular weight excluding hydrogens is 430 g/mol. The lowest BCUT2D eigenvalue weighted by molar-refractivity contribution is -0.185. The molecule has 2 atom stereocenters. The van der Waals surface area contributed by atoms with E-state index in [0.29, 0.717) is 19.3 Å². The zero-order chi connectivity index (χ0) is 25.1. The highest BCUT2D eigenvalue weighted by molar-refractivity contribution is 6.07. The lowest BCUT2D eigenvalue weighted by Gasteiger charge is -2.33. The van der Waals surface area contributed by atoms with Crippen molar-refractivity contribution in [1.29, 1.82) is 0 Å². The summed E-state index contributed by atoms with van der Waals surface area (Å²) in [6, 6.07) is 6.68. The first-order valence-electron chi connectivity index (χ1n) is 11.0. The smallest absolute Gasteiger partial charge is 0.364 e. The molecule has 0 aliphatic carbocycles. The molecule has 0 heterocycles. The number of rotatable bonds is 12. The number of hydrogen-bond donors (Lipinski definition) is 1. The SMILES string of the molecule is CCOC(=O)C(OC(=O)c1ccccc1)(C(=O)OC)C(N)CCCCCC(=O)OC(C)(C)C. The summed E-state index contributed by atoms with van der Waals surface area (Å²) in [6.07, 6.45) is 1.96. The fraction of sp³-hybridized carbons (Fsp3) is 0.583. The third kappa shape index (κ3) is 8.49. The summed E-state index contributed by atoms with van der Waals surface area (Å²) in [4.78, 5) is 50.1. The second kappa shape index (κ2) is 12.9. The van der Waals surface area contributed by atoms with Gasteiger partial charge in [0.1, 0.15) is 5.60 Å². The van der Waals surface area contributed by atoms with E-state index in [1.165, 1.54) is 12.1 Å². The Hall–Kier alpha value is -2.94. The number of methoxy groups -OCH3 is 1. The van der Waals surface area contributed by atoms with Gasteiger partial charge in [-0.2, -0.15) is 0 Å². The van der Waals surface area contributed by atoms with Crippen molar-refractivity contribution in [2.45, 2.75) is 77.0 Å². The van der Waals surface area contributed by atoms with Gasteiger partial charge in [0.05, 0.1) is 25.3 Å². The molecule has 33 heavy (non-hydrogen) atoms. The fourth-order valence-corrected chi connectivity index (χ4v) is 3.12. The average Bonchev–Trinajstić information content (AvgIpc) is 2.75. The molecule has 0 amide bonds. The van der Waals surface area contributed by atoms with Gasteiger partial charge in [0.2, 0.25) is 0 Å². The lowest BCUT2D eigenvalue weighted by Crippen LogP contribution is -2.63. The second-order valence-electron chi connectivity index (χ2n) is 8.50. The van der Waals surface area contributed by atoms with Gasteiger partial charge >= 0.3 is 29.5 Å². The zero-order valence-corrected chi connectivity index (χ0v) is 20.1. The third-order valence-corrected chi connectivity index (χ3v) is 4.67. The van der Waals surface area contributed by atoms with E-state index in [1.54, 1.807) is 45.9 Å². The predicted octanol–water partition coefficient (Wildman–Crippen LogP) is 2.94. The number of unbranched alkanes of at least 4 members (excludes halogenated alkanes) is 2. The molecule has 1 aromatic carbocycles. The molecule has 0 aromatic heterocycles. The maximum absolute atomic E-state index is 12.8. The Labute approximate surface area is 194 Å². The van der Waals surface area contributed by atoms with Crippen LogP contribution in [-0.4, -0.2) is 54.8 Å². The number of carbonyl (C=O) groups excluding carboxylic acids is 4. The van der Waals surface area contributed by atoms with Gasteiger partial charge in [0.15, 0.2) is 0 Å². The van der Waals surface area contributed by atoms with Crippen molar-refractivity contribution in [1.82, 2.24) is 0 Å². The number of nitrogens with two attached hydrogens (primary N) is 1. The lowest BCUT2D eigenvalue weighted by atomic mass is 9.89. The number of ether oxygens (including phenoxy) is 4. The van der Waals surface area contributed by atoms with Gasteiger partial charge in [0.25, 0.3) is 0 Å². The topological polar surface area (TPSA) is 131 Å². The van der Waals surface area contributed by atoms with Crippen molar-refractivity contribution >= 4 is 23.9 Å². The van der Waals surface area contributed by atoms with E-state index in [4.69, 9.17) is 24.7 Å². The van der Waals surface area contributed by atoms with Gasteiger partial charge in [-0.1, -0.05) is 31.0 Å². The Morgan fingerprint density at radius 3 is 2.12 bits per heavy atom. The van der Waals surface area contributed by atoms with Crippen molar-refractivity contribution in [3.05, 3.63) is 35.9 Å². The second-order valence-corrected chi connectivity index (χ2v) is 8.50. The molecule has 0 spiro atoms. The Balaban J connectivity index is 2.93. The van der Waals surface area contributed by atoms with Crippen LogP contribution in [0.4, 0.5) is 0 Å². The van der Waals surface area contributed by atoms with E-state index < -0.39 is 35.2 Å². The minimum Gasteiger partial charge on any atom is -0.466 e. The summed E-state index contributed by atoms with van der Waals surface area (Å²) in [7, 11) is 1.07. The van der Waals surface area contributed by atoms with Crippen LogP contribution in [-0.2, 0) is 33.3 Å². The van der Waals surface area contributed by atoms with Gasteiger partial charge in [0, 0.05) is 6.42 Å². The summed E-state index contributed by atoms with van der Waals surface area (Å²) in [5.74, 6) is -3.43. The molecule has 9 heteroatoms. The molecule has 2 N–H and O–H groups in total. The summed E-state index contributed by atoms with van der Waals surface area (Å²) >= 11 is 0. The molecule has 1 aromatic rings. The number of esters is 4. The highest BCUT2D eigenvalue weighted by atomic mass is 16.6. The number of hydrogen-bond acceptors (Lipinski definition) is 9. The van der Waals surface area contributed by atoms with Crippen molar-refractivity contribution in [3.8, 4) is 0 Å². The zero-order valence-electron chi connectivity index (χ0n) is 20.1. The van der Waals surface area contributed by atoms with E-state index in [9.17, 15) is 19.2 Å². The standard InChI is InChI=1S/C24H35NO8/c1-6-31-22(29)24(21(28)30-5,33-20(27)17-13-9-7-10-14-17)18(25)15-11-8-12-16-19(26)32-23(2,3)4/h7,9-10,13-14,18H,6,8,11-12,15-16,25H2,1-5H3. The summed E-state index contributed by atoms with van der Waals surface area (Å²) in [5, 5.41) is 0. The quantitative estimate of drug-likeness (QED) is 0.214. The monoisotopic (exact) mass is 465 g/mol. The molecule has 0 fully saturated rings.